The Labute approximate surface area is 111 Å². The van der Waals surface area contributed by atoms with Crippen LogP contribution in [0.15, 0.2) is 24.3 Å². The van der Waals surface area contributed by atoms with Crippen LogP contribution in [-0.4, -0.2) is 31.7 Å². The van der Waals surface area contributed by atoms with Crippen LogP contribution in [0.4, 0.5) is 4.79 Å². The molecule has 1 aromatic rings. The number of nitrogens with one attached hydrogen (secondary N) is 1. The Kier molecular flexibility index (Phi) is 5.92. The van der Waals surface area contributed by atoms with Gasteiger partial charge in [-0.3, -0.25) is 4.79 Å². The normalized spacial score (nSPS) is 9.11. The minimum Gasteiger partial charge on any atom is -0.448 e. The Morgan fingerprint density at radius 3 is 2.53 bits per heavy atom. The van der Waals surface area contributed by atoms with E-state index in [-0.39, 0.29) is 19.1 Å². The highest BCUT2D eigenvalue weighted by atomic mass is 16.5. The molecule has 0 heterocycles. The van der Waals surface area contributed by atoms with E-state index >= 15 is 0 Å². The summed E-state index contributed by atoms with van der Waals surface area (Å²) in [5.74, 6) is 5.32. The molecule has 0 aliphatic heterocycles. The summed E-state index contributed by atoms with van der Waals surface area (Å²) in [6.45, 7) is 0.541. The van der Waals surface area contributed by atoms with Gasteiger partial charge in [-0.15, -0.1) is 0 Å². The van der Waals surface area contributed by atoms with Crippen molar-refractivity contribution in [2.45, 2.75) is 0 Å². The van der Waals surface area contributed by atoms with Gasteiger partial charge in [0.1, 0.15) is 6.61 Å². The second-order valence-corrected chi connectivity index (χ2v) is 3.51. The van der Waals surface area contributed by atoms with E-state index in [1.54, 1.807) is 24.3 Å². The second kappa shape index (κ2) is 7.74. The van der Waals surface area contributed by atoms with Crippen LogP contribution in [0.5, 0.6) is 0 Å². The fraction of sp³-hybridized carbons (Fsp3) is 0.231. The summed E-state index contributed by atoms with van der Waals surface area (Å²) >= 11 is 0. The zero-order valence-corrected chi connectivity index (χ0v) is 10.3. The first kappa shape index (κ1) is 14.5. The first-order chi connectivity index (χ1) is 9.13. The first-order valence-electron chi connectivity index (χ1n) is 5.63. The number of hydrogen-bond acceptors (Lipinski definition) is 4. The van der Waals surface area contributed by atoms with E-state index in [0.717, 1.165) is 5.56 Å². The number of amides is 2. The number of nitrogens with two attached hydrogens (primary N) is 2. The van der Waals surface area contributed by atoms with Crippen LogP contribution in [0, 0.1) is 11.8 Å². The molecule has 6 nitrogen and oxygen atoms in total. The van der Waals surface area contributed by atoms with Gasteiger partial charge in [0, 0.05) is 11.1 Å². The van der Waals surface area contributed by atoms with E-state index in [1.807, 2.05) is 0 Å². The SMILES string of the molecule is NCC#Cc1ccc(C(=O)NCCOC(N)=O)cc1. The summed E-state index contributed by atoms with van der Waals surface area (Å²) in [6.07, 6.45) is -0.864. The van der Waals surface area contributed by atoms with Crippen LogP contribution < -0.4 is 16.8 Å². The predicted octanol–water partition coefficient (Wildman–Crippen LogP) is -0.178. The van der Waals surface area contributed by atoms with Gasteiger partial charge in [-0.2, -0.15) is 0 Å². The summed E-state index contributed by atoms with van der Waals surface area (Å²) in [6, 6.07) is 6.78. The molecule has 0 saturated carbocycles. The molecule has 100 valence electrons. The summed E-state index contributed by atoms with van der Waals surface area (Å²) in [4.78, 5) is 22.0. The van der Waals surface area contributed by atoms with Crippen molar-refractivity contribution in [3.63, 3.8) is 0 Å². The molecule has 0 unspecified atom stereocenters. The van der Waals surface area contributed by atoms with Crippen LogP contribution in [-0.2, 0) is 4.74 Å². The first-order valence-corrected chi connectivity index (χ1v) is 5.63. The molecule has 19 heavy (non-hydrogen) atoms. The molecule has 0 aliphatic carbocycles. The van der Waals surface area contributed by atoms with Gasteiger partial charge in [0.15, 0.2) is 0 Å². The van der Waals surface area contributed by atoms with Crippen molar-refractivity contribution >= 4 is 12.0 Å². The van der Waals surface area contributed by atoms with E-state index in [4.69, 9.17) is 11.5 Å². The second-order valence-electron chi connectivity index (χ2n) is 3.51. The number of ether oxygens (including phenoxy) is 1. The number of primary amides is 1. The standard InChI is InChI=1S/C13H15N3O3/c14-7-1-2-10-3-5-11(6-4-10)12(17)16-8-9-19-13(15)18/h3-6H,7-9,14H2,(H2,15,18)(H,16,17). The number of rotatable bonds is 4. The van der Waals surface area contributed by atoms with E-state index in [2.05, 4.69) is 21.9 Å². The van der Waals surface area contributed by atoms with Gasteiger partial charge in [-0.1, -0.05) is 11.8 Å². The molecule has 2 amide bonds. The quantitative estimate of drug-likeness (QED) is 0.516. The van der Waals surface area contributed by atoms with Crippen LogP contribution in [0.3, 0.4) is 0 Å². The average Bonchev–Trinajstić information content (AvgIpc) is 2.41. The summed E-state index contributed by atoms with van der Waals surface area (Å²) in [5, 5.41) is 2.59. The highest BCUT2D eigenvalue weighted by Gasteiger charge is 2.04. The summed E-state index contributed by atoms with van der Waals surface area (Å²) in [5.41, 5.74) is 11.3. The molecule has 0 fully saturated rings. The maximum Gasteiger partial charge on any atom is 0.404 e. The monoisotopic (exact) mass is 261 g/mol. The zero-order chi connectivity index (χ0) is 14.1. The number of carbonyl (C=O) groups excluding carboxylic acids is 2. The minimum atomic E-state index is -0.864. The molecule has 1 aromatic carbocycles. The highest BCUT2D eigenvalue weighted by Crippen LogP contribution is 2.03. The van der Waals surface area contributed by atoms with Crippen molar-refractivity contribution in [3.8, 4) is 11.8 Å². The third-order valence-corrected chi connectivity index (χ3v) is 2.11. The van der Waals surface area contributed by atoms with Crippen molar-refractivity contribution in [2.24, 2.45) is 11.5 Å². The molecule has 1 rings (SSSR count). The molecule has 0 bridgehead atoms. The molecule has 6 heteroatoms. The number of carbonyl (C=O) groups is 2. The lowest BCUT2D eigenvalue weighted by molar-refractivity contribution is 0.0937. The van der Waals surface area contributed by atoms with Crippen molar-refractivity contribution in [3.05, 3.63) is 35.4 Å². The number of hydrogen-bond donors (Lipinski definition) is 3. The third-order valence-electron chi connectivity index (χ3n) is 2.11. The lowest BCUT2D eigenvalue weighted by Gasteiger charge is -2.05. The summed E-state index contributed by atoms with van der Waals surface area (Å²) < 4.78 is 4.49. The molecule has 0 spiro atoms. The van der Waals surface area contributed by atoms with Crippen LogP contribution >= 0.6 is 0 Å². The Hall–Kier alpha value is -2.52. The predicted molar refractivity (Wildman–Crippen MR) is 70.2 cm³/mol. The fourth-order valence-electron chi connectivity index (χ4n) is 1.28. The Balaban J connectivity index is 2.46. The van der Waals surface area contributed by atoms with Gasteiger partial charge in [-0.05, 0) is 24.3 Å². The average molecular weight is 261 g/mol. The van der Waals surface area contributed by atoms with Crippen LogP contribution in [0.2, 0.25) is 0 Å². The fourth-order valence-corrected chi connectivity index (χ4v) is 1.28. The number of benzene rings is 1. The maximum atomic E-state index is 11.7. The van der Waals surface area contributed by atoms with Gasteiger partial charge in [-0.25, -0.2) is 4.79 Å². The topological polar surface area (TPSA) is 107 Å². The Bertz CT molecular complexity index is 500. The van der Waals surface area contributed by atoms with Crippen molar-refractivity contribution in [1.82, 2.24) is 5.32 Å². The maximum absolute atomic E-state index is 11.7. The van der Waals surface area contributed by atoms with Gasteiger partial charge in [0.25, 0.3) is 5.91 Å². The van der Waals surface area contributed by atoms with E-state index < -0.39 is 6.09 Å². The van der Waals surface area contributed by atoms with Gasteiger partial charge in [0.2, 0.25) is 0 Å². The van der Waals surface area contributed by atoms with Gasteiger partial charge in [0.05, 0.1) is 13.1 Å². The largest absolute Gasteiger partial charge is 0.448 e. The zero-order valence-electron chi connectivity index (χ0n) is 10.3. The highest BCUT2D eigenvalue weighted by molar-refractivity contribution is 5.94. The van der Waals surface area contributed by atoms with Crippen molar-refractivity contribution < 1.29 is 14.3 Å². The van der Waals surface area contributed by atoms with Crippen molar-refractivity contribution in [2.75, 3.05) is 19.7 Å². The van der Waals surface area contributed by atoms with E-state index in [1.165, 1.54) is 0 Å². The van der Waals surface area contributed by atoms with E-state index in [9.17, 15) is 9.59 Å². The molecular weight excluding hydrogens is 246 g/mol. The molecule has 0 aromatic heterocycles. The van der Waals surface area contributed by atoms with Gasteiger partial charge >= 0.3 is 6.09 Å². The molecule has 5 N–H and O–H groups in total. The minimum absolute atomic E-state index is 0.0428. The smallest absolute Gasteiger partial charge is 0.404 e. The third kappa shape index (κ3) is 5.57. The van der Waals surface area contributed by atoms with Crippen LogP contribution in [0.25, 0.3) is 0 Å². The summed E-state index contributed by atoms with van der Waals surface area (Å²) in [7, 11) is 0. The van der Waals surface area contributed by atoms with Crippen molar-refractivity contribution in [1.29, 1.82) is 0 Å². The molecule has 0 radical (unpaired) electrons. The lowest BCUT2D eigenvalue weighted by Crippen LogP contribution is -2.28. The molecular formula is C13H15N3O3. The van der Waals surface area contributed by atoms with Crippen LogP contribution in [0.1, 0.15) is 15.9 Å². The molecule has 0 atom stereocenters. The molecule has 0 aliphatic rings. The molecule has 0 saturated heterocycles. The lowest BCUT2D eigenvalue weighted by atomic mass is 10.1. The Morgan fingerprint density at radius 1 is 1.26 bits per heavy atom. The van der Waals surface area contributed by atoms with E-state index in [0.29, 0.717) is 12.1 Å². The van der Waals surface area contributed by atoms with Gasteiger partial charge < -0.3 is 21.5 Å². The Morgan fingerprint density at radius 2 is 1.95 bits per heavy atom.